The van der Waals surface area contributed by atoms with Crippen molar-refractivity contribution in [1.29, 1.82) is 0 Å². The molecule has 6 heteroatoms. The summed E-state index contributed by atoms with van der Waals surface area (Å²) in [5.41, 5.74) is 2.53. The number of anilines is 1. The summed E-state index contributed by atoms with van der Waals surface area (Å²) in [6.07, 6.45) is 3.29. The average molecular weight is 316 g/mol. The molecule has 1 aromatic rings. The number of allylic oxidation sites excluding steroid dienone is 1. The molecule has 1 amide bonds. The molecule has 2 N–H and O–H groups in total. The summed E-state index contributed by atoms with van der Waals surface area (Å²) in [6, 6.07) is 4.23. The van der Waals surface area contributed by atoms with Gasteiger partial charge in [0.2, 0.25) is 0 Å². The third-order valence-corrected chi connectivity index (χ3v) is 4.45. The molecular weight excluding hydrogens is 299 g/mol. The molecule has 1 atom stereocenters. The number of hydrogen-bond acceptors (Lipinski definition) is 4. The van der Waals surface area contributed by atoms with Crippen molar-refractivity contribution >= 4 is 17.2 Å². The number of likely N-dealkylation sites (tertiary alicyclic amines) is 1. The number of benzene rings is 1. The second-order valence-corrected chi connectivity index (χ2v) is 6.05. The largest absolute Gasteiger partial charge is 0.486 e. The molecular formula is C17H17FN2O3. The van der Waals surface area contributed by atoms with E-state index in [1.807, 2.05) is 6.08 Å². The number of aliphatic hydroxyl groups excluding tert-OH is 1. The predicted octanol–water partition coefficient (Wildman–Crippen LogP) is 1.86. The Kier molecular flexibility index (Phi) is 3.34. The number of nitrogens with one attached hydrogen (secondary N) is 1. The van der Waals surface area contributed by atoms with Crippen LogP contribution in [0.4, 0.5) is 10.1 Å². The molecule has 3 aliphatic rings. The van der Waals surface area contributed by atoms with Gasteiger partial charge < -0.3 is 20.1 Å². The van der Waals surface area contributed by atoms with Crippen LogP contribution < -0.4 is 5.32 Å². The number of piperidine rings is 1. The first-order valence-electron chi connectivity index (χ1n) is 7.74. The minimum atomic E-state index is -0.388. The first kappa shape index (κ1) is 14.3. The van der Waals surface area contributed by atoms with E-state index in [0.717, 1.165) is 25.1 Å². The lowest BCUT2D eigenvalue weighted by Crippen LogP contribution is -2.37. The first-order valence-corrected chi connectivity index (χ1v) is 7.74. The zero-order valence-electron chi connectivity index (χ0n) is 12.5. The number of aliphatic hydroxyl groups is 1. The molecule has 1 unspecified atom stereocenters. The minimum Gasteiger partial charge on any atom is -0.486 e. The summed E-state index contributed by atoms with van der Waals surface area (Å²) in [7, 11) is 0. The quantitative estimate of drug-likeness (QED) is 0.777. The number of amides is 1. The highest BCUT2D eigenvalue weighted by molar-refractivity contribution is 6.32. The van der Waals surface area contributed by atoms with Crippen LogP contribution >= 0.6 is 0 Å². The van der Waals surface area contributed by atoms with Gasteiger partial charge in [-0.05, 0) is 31.0 Å². The number of hydrogen-bond donors (Lipinski definition) is 2. The van der Waals surface area contributed by atoms with Gasteiger partial charge in [-0.15, -0.1) is 0 Å². The lowest BCUT2D eigenvalue weighted by Gasteiger charge is -2.32. The van der Waals surface area contributed by atoms with E-state index in [9.17, 15) is 14.3 Å². The van der Waals surface area contributed by atoms with Gasteiger partial charge >= 0.3 is 0 Å². The molecule has 1 fully saturated rings. The molecule has 4 rings (SSSR count). The van der Waals surface area contributed by atoms with Gasteiger partial charge in [0, 0.05) is 24.7 Å². The van der Waals surface area contributed by atoms with Crippen molar-refractivity contribution in [3.8, 4) is 0 Å². The highest BCUT2D eigenvalue weighted by atomic mass is 19.1. The molecule has 0 aromatic heterocycles. The molecule has 0 aliphatic carbocycles. The van der Waals surface area contributed by atoms with Gasteiger partial charge in [-0.25, -0.2) is 4.39 Å². The maximum atomic E-state index is 13.3. The highest BCUT2D eigenvalue weighted by Crippen LogP contribution is 2.37. The van der Waals surface area contributed by atoms with E-state index in [1.54, 1.807) is 6.07 Å². The third-order valence-electron chi connectivity index (χ3n) is 4.45. The Bertz CT molecular complexity index is 741. The van der Waals surface area contributed by atoms with Gasteiger partial charge in [-0.2, -0.15) is 0 Å². The topological polar surface area (TPSA) is 61.8 Å². The number of β-amino-alcohol motifs (C(OH)–C–C–N with tert-alkyl or cyclic N) is 1. The van der Waals surface area contributed by atoms with Crippen LogP contribution in [-0.2, 0) is 9.53 Å². The Labute approximate surface area is 133 Å². The van der Waals surface area contributed by atoms with Crippen LogP contribution in [0.1, 0.15) is 18.4 Å². The molecule has 5 nitrogen and oxygen atoms in total. The van der Waals surface area contributed by atoms with Crippen molar-refractivity contribution in [2.75, 3.05) is 25.0 Å². The van der Waals surface area contributed by atoms with Crippen molar-refractivity contribution in [2.24, 2.45) is 0 Å². The summed E-state index contributed by atoms with van der Waals surface area (Å²) in [4.78, 5) is 14.3. The van der Waals surface area contributed by atoms with Gasteiger partial charge in [-0.3, -0.25) is 4.79 Å². The van der Waals surface area contributed by atoms with E-state index in [1.165, 1.54) is 12.1 Å². The third kappa shape index (κ3) is 2.49. The molecule has 1 aromatic carbocycles. The first-order chi connectivity index (χ1) is 11.1. The van der Waals surface area contributed by atoms with Gasteiger partial charge in [-0.1, -0.05) is 0 Å². The normalized spacial score (nSPS) is 26.7. The van der Waals surface area contributed by atoms with E-state index < -0.39 is 0 Å². The molecule has 23 heavy (non-hydrogen) atoms. The second kappa shape index (κ2) is 5.38. The van der Waals surface area contributed by atoms with Crippen molar-refractivity contribution in [2.45, 2.75) is 18.9 Å². The Morgan fingerprint density at radius 1 is 1.39 bits per heavy atom. The van der Waals surface area contributed by atoms with E-state index in [2.05, 4.69) is 10.2 Å². The number of rotatable bonds is 1. The number of carbonyl (C=O) groups is 1. The van der Waals surface area contributed by atoms with Crippen LogP contribution in [0.2, 0.25) is 0 Å². The molecule has 0 spiro atoms. The fraction of sp³-hybridized carbons (Fsp3) is 0.353. The Morgan fingerprint density at radius 3 is 3.09 bits per heavy atom. The number of ether oxygens (including phenoxy) is 1. The zero-order chi connectivity index (χ0) is 16.0. The lowest BCUT2D eigenvalue weighted by atomic mass is 10.1. The van der Waals surface area contributed by atoms with Crippen LogP contribution in [0.3, 0.4) is 0 Å². The van der Waals surface area contributed by atoms with Crippen LogP contribution in [0.25, 0.3) is 5.57 Å². The highest BCUT2D eigenvalue weighted by Gasteiger charge is 2.31. The van der Waals surface area contributed by atoms with E-state index in [4.69, 9.17) is 4.74 Å². The summed E-state index contributed by atoms with van der Waals surface area (Å²) in [5.74, 6) is -0.166. The molecule has 0 saturated carbocycles. The predicted molar refractivity (Wildman–Crippen MR) is 82.8 cm³/mol. The molecule has 0 bridgehead atoms. The van der Waals surface area contributed by atoms with E-state index in [-0.39, 0.29) is 17.8 Å². The molecule has 0 radical (unpaired) electrons. The number of fused-ring (bicyclic) bond motifs is 1. The Hall–Kier alpha value is -2.34. The SMILES string of the molecule is O=C1Nc2cc(F)ccc2C1=C1C=C(N2CCCC(O)C2)CO1. The zero-order valence-corrected chi connectivity index (χ0v) is 12.5. The fourth-order valence-corrected chi connectivity index (χ4v) is 3.32. The van der Waals surface area contributed by atoms with Gasteiger partial charge in [0.15, 0.2) is 0 Å². The van der Waals surface area contributed by atoms with Crippen molar-refractivity contribution < 1.29 is 19.0 Å². The lowest BCUT2D eigenvalue weighted by molar-refractivity contribution is -0.110. The fourth-order valence-electron chi connectivity index (χ4n) is 3.32. The van der Waals surface area contributed by atoms with Gasteiger partial charge in [0.1, 0.15) is 18.2 Å². The standard InChI is InChI=1S/C17H17FN2O3/c18-10-3-4-13-14(6-10)19-17(22)16(13)15-7-11(9-23-15)20-5-1-2-12(21)8-20/h3-4,6-7,12,21H,1-2,5,8-9H2,(H,19,22). The van der Waals surface area contributed by atoms with E-state index >= 15 is 0 Å². The van der Waals surface area contributed by atoms with Crippen LogP contribution in [-0.4, -0.2) is 41.7 Å². The average Bonchev–Trinajstić information content (AvgIpc) is 3.10. The van der Waals surface area contributed by atoms with Crippen molar-refractivity contribution in [3.63, 3.8) is 0 Å². The maximum Gasteiger partial charge on any atom is 0.260 e. The summed E-state index contributed by atoms with van der Waals surface area (Å²) in [6.45, 7) is 1.85. The Morgan fingerprint density at radius 2 is 2.26 bits per heavy atom. The van der Waals surface area contributed by atoms with Crippen molar-refractivity contribution in [3.05, 3.63) is 47.1 Å². The van der Waals surface area contributed by atoms with Crippen LogP contribution in [0.5, 0.6) is 0 Å². The smallest absolute Gasteiger partial charge is 0.260 e. The summed E-state index contributed by atoms with van der Waals surface area (Å²) < 4.78 is 19.0. The maximum absolute atomic E-state index is 13.3. The Balaban J connectivity index is 1.68. The monoisotopic (exact) mass is 316 g/mol. The number of nitrogens with zero attached hydrogens (tertiary/aromatic N) is 1. The molecule has 3 aliphatic heterocycles. The van der Waals surface area contributed by atoms with Crippen LogP contribution in [0, 0.1) is 5.82 Å². The van der Waals surface area contributed by atoms with Crippen molar-refractivity contribution in [1.82, 2.24) is 4.90 Å². The van der Waals surface area contributed by atoms with Gasteiger partial charge in [0.05, 0.1) is 23.1 Å². The summed E-state index contributed by atoms with van der Waals surface area (Å²) >= 11 is 0. The second-order valence-electron chi connectivity index (χ2n) is 6.05. The molecule has 1 saturated heterocycles. The molecule has 3 heterocycles. The molecule has 120 valence electrons. The number of halogens is 1. The van der Waals surface area contributed by atoms with E-state index in [0.29, 0.717) is 35.7 Å². The minimum absolute atomic E-state index is 0.281. The summed E-state index contributed by atoms with van der Waals surface area (Å²) in [5, 5.41) is 12.5. The number of carbonyl (C=O) groups excluding carboxylic acids is 1. The van der Waals surface area contributed by atoms with Crippen LogP contribution in [0.15, 0.2) is 35.7 Å². The van der Waals surface area contributed by atoms with Gasteiger partial charge in [0.25, 0.3) is 5.91 Å².